The zero-order valence-electron chi connectivity index (χ0n) is 8.43. The van der Waals surface area contributed by atoms with Gasteiger partial charge in [-0.05, 0) is 12.5 Å². The molecule has 1 aromatic carbocycles. The molecule has 0 bridgehead atoms. The Morgan fingerprint density at radius 2 is 2.13 bits per heavy atom. The Balaban J connectivity index is 2.39. The molecule has 3 nitrogen and oxygen atoms in total. The summed E-state index contributed by atoms with van der Waals surface area (Å²) >= 11 is 0. The Kier molecular flexibility index (Phi) is 4.39. The topological polar surface area (TPSA) is 46.5 Å². The number of aliphatic hydroxyl groups excluding tert-OH is 1. The first-order chi connectivity index (χ1) is 7.18. The molecule has 0 aliphatic rings. The molecule has 1 N–H and O–H groups in total. The second-order valence-electron chi connectivity index (χ2n) is 3.01. The number of carbonyl (C=O) groups is 1. The van der Waals surface area contributed by atoms with Crippen molar-refractivity contribution < 1.29 is 14.6 Å². The normalized spacial score (nSPS) is 11.1. The number of benzene rings is 1. The van der Waals surface area contributed by atoms with E-state index in [1.807, 2.05) is 30.3 Å². The molecule has 0 aliphatic heterocycles. The summed E-state index contributed by atoms with van der Waals surface area (Å²) in [5, 5.41) is 8.81. The molecule has 0 fully saturated rings. The second-order valence-corrected chi connectivity index (χ2v) is 3.01. The minimum Gasteiger partial charge on any atom is -0.451 e. The Morgan fingerprint density at radius 1 is 1.47 bits per heavy atom. The van der Waals surface area contributed by atoms with Crippen molar-refractivity contribution in [1.82, 2.24) is 0 Å². The van der Waals surface area contributed by atoms with E-state index >= 15 is 0 Å². The molecular weight excluding hydrogens is 192 g/mol. The van der Waals surface area contributed by atoms with Crippen molar-refractivity contribution >= 4 is 5.97 Å². The summed E-state index contributed by atoms with van der Waals surface area (Å²) in [4.78, 5) is 11.0. The first-order valence-electron chi connectivity index (χ1n) is 4.59. The fourth-order valence-corrected chi connectivity index (χ4v) is 0.923. The van der Waals surface area contributed by atoms with E-state index in [-0.39, 0.29) is 6.61 Å². The van der Waals surface area contributed by atoms with Crippen LogP contribution in [-0.4, -0.2) is 17.2 Å². The van der Waals surface area contributed by atoms with Crippen LogP contribution in [0, 0.1) is 11.8 Å². The lowest BCUT2D eigenvalue weighted by molar-refractivity contribution is -0.137. The maximum absolute atomic E-state index is 11.0. The van der Waals surface area contributed by atoms with E-state index in [0.29, 0.717) is 0 Å². The van der Waals surface area contributed by atoms with E-state index in [1.165, 1.54) is 6.92 Å². The van der Waals surface area contributed by atoms with Gasteiger partial charge in [-0.25, -0.2) is 4.79 Å². The Hall–Kier alpha value is -1.79. The Labute approximate surface area is 88.7 Å². The lowest BCUT2D eigenvalue weighted by atomic mass is 10.2. The fourth-order valence-electron chi connectivity index (χ4n) is 0.923. The van der Waals surface area contributed by atoms with Crippen molar-refractivity contribution in [3.05, 3.63) is 35.9 Å². The molecule has 15 heavy (non-hydrogen) atoms. The summed E-state index contributed by atoms with van der Waals surface area (Å²) in [6, 6.07) is 9.33. The number of aliphatic hydroxyl groups is 1. The summed E-state index contributed by atoms with van der Waals surface area (Å²) in [6.07, 6.45) is -0.811. The van der Waals surface area contributed by atoms with Gasteiger partial charge in [-0.1, -0.05) is 36.3 Å². The molecule has 0 saturated heterocycles. The van der Waals surface area contributed by atoms with E-state index in [2.05, 4.69) is 11.8 Å². The molecule has 0 spiro atoms. The first-order valence-corrected chi connectivity index (χ1v) is 4.59. The van der Waals surface area contributed by atoms with Gasteiger partial charge in [0.25, 0.3) is 0 Å². The molecule has 1 rings (SSSR count). The average molecular weight is 204 g/mol. The highest BCUT2D eigenvalue weighted by Crippen LogP contribution is 2.00. The third-order valence-electron chi connectivity index (χ3n) is 1.60. The van der Waals surface area contributed by atoms with Gasteiger partial charge in [0.1, 0.15) is 12.7 Å². The maximum atomic E-state index is 11.0. The number of carbonyl (C=O) groups excluding carboxylic acids is 1. The zero-order chi connectivity index (χ0) is 11.1. The van der Waals surface area contributed by atoms with Gasteiger partial charge in [0, 0.05) is 5.92 Å². The molecule has 0 aliphatic carbocycles. The van der Waals surface area contributed by atoms with Crippen LogP contribution >= 0.6 is 0 Å². The van der Waals surface area contributed by atoms with Crippen molar-refractivity contribution in [2.75, 3.05) is 0 Å². The highest BCUT2D eigenvalue weighted by Gasteiger charge is 1.98. The molecular formula is C12H12O3. The van der Waals surface area contributed by atoms with Gasteiger partial charge in [0.05, 0.1) is 0 Å². The highest BCUT2D eigenvalue weighted by atomic mass is 16.5. The summed E-state index contributed by atoms with van der Waals surface area (Å²) in [7, 11) is 0. The molecule has 1 aromatic rings. The molecule has 3 heteroatoms. The van der Waals surface area contributed by atoms with Crippen molar-refractivity contribution in [1.29, 1.82) is 0 Å². The summed E-state index contributed by atoms with van der Waals surface area (Å²) in [5.41, 5.74) is 0.907. The number of hydrogen-bond acceptors (Lipinski definition) is 3. The van der Waals surface area contributed by atoms with Gasteiger partial charge < -0.3 is 9.84 Å². The van der Waals surface area contributed by atoms with Crippen molar-refractivity contribution in [3.63, 3.8) is 0 Å². The van der Waals surface area contributed by atoms with Crippen LogP contribution in [0.3, 0.4) is 0 Å². The summed E-state index contributed by atoms with van der Waals surface area (Å²) in [6.45, 7) is 1.69. The van der Waals surface area contributed by atoms with E-state index in [9.17, 15) is 4.79 Å². The quantitative estimate of drug-likeness (QED) is 0.446. The van der Waals surface area contributed by atoms with Crippen molar-refractivity contribution in [2.45, 2.75) is 19.6 Å². The first kappa shape index (κ1) is 11.3. The molecule has 0 unspecified atom stereocenters. The van der Waals surface area contributed by atoms with Gasteiger partial charge in [-0.3, -0.25) is 0 Å². The minimum absolute atomic E-state index is 0.203. The van der Waals surface area contributed by atoms with Gasteiger partial charge in [-0.15, -0.1) is 0 Å². The monoisotopic (exact) mass is 204 g/mol. The van der Waals surface area contributed by atoms with Gasteiger partial charge in [0.2, 0.25) is 0 Å². The lowest BCUT2D eigenvalue weighted by Gasteiger charge is -1.99. The molecule has 0 radical (unpaired) electrons. The van der Waals surface area contributed by atoms with Crippen molar-refractivity contribution in [3.8, 4) is 11.8 Å². The number of hydrogen-bond donors (Lipinski definition) is 1. The predicted molar refractivity (Wildman–Crippen MR) is 55.7 cm³/mol. The maximum Gasteiger partial charge on any atom is 0.384 e. The molecule has 0 heterocycles. The van der Waals surface area contributed by atoms with Crippen LogP contribution in [0.4, 0.5) is 0 Å². The number of esters is 1. The summed E-state index contributed by atoms with van der Waals surface area (Å²) in [5.74, 6) is 3.88. The second kappa shape index (κ2) is 5.84. The fraction of sp³-hybridized carbons (Fsp3) is 0.250. The molecule has 0 aromatic heterocycles. The SMILES string of the molecule is C[C@@H](O)C#CC(=O)OCc1ccccc1. The Bertz CT molecular complexity index is 371. The van der Waals surface area contributed by atoms with Gasteiger partial charge >= 0.3 is 5.97 Å². The van der Waals surface area contributed by atoms with Crippen LogP contribution in [0.1, 0.15) is 12.5 Å². The molecule has 1 atom stereocenters. The highest BCUT2D eigenvalue weighted by molar-refractivity contribution is 5.88. The van der Waals surface area contributed by atoms with E-state index in [0.717, 1.165) is 5.56 Å². The van der Waals surface area contributed by atoms with Gasteiger partial charge in [0.15, 0.2) is 0 Å². The van der Waals surface area contributed by atoms with Gasteiger partial charge in [-0.2, -0.15) is 0 Å². The van der Waals surface area contributed by atoms with Crippen LogP contribution in [0.15, 0.2) is 30.3 Å². The van der Waals surface area contributed by atoms with Crippen molar-refractivity contribution in [2.24, 2.45) is 0 Å². The number of rotatable bonds is 2. The smallest absolute Gasteiger partial charge is 0.384 e. The summed E-state index contributed by atoms with van der Waals surface area (Å²) < 4.78 is 4.85. The van der Waals surface area contributed by atoms with Crippen LogP contribution < -0.4 is 0 Å². The minimum atomic E-state index is -0.811. The van der Waals surface area contributed by atoms with E-state index < -0.39 is 12.1 Å². The largest absolute Gasteiger partial charge is 0.451 e. The van der Waals surface area contributed by atoms with E-state index in [4.69, 9.17) is 9.84 Å². The third-order valence-corrected chi connectivity index (χ3v) is 1.60. The molecule has 0 amide bonds. The zero-order valence-corrected chi connectivity index (χ0v) is 8.43. The van der Waals surface area contributed by atoms with Crippen LogP contribution in [0.5, 0.6) is 0 Å². The number of ether oxygens (including phenoxy) is 1. The van der Waals surface area contributed by atoms with Crippen LogP contribution in [0.25, 0.3) is 0 Å². The van der Waals surface area contributed by atoms with Crippen LogP contribution in [0.2, 0.25) is 0 Å². The molecule has 0 saturated carbocycles. The molecule has 78 valence electrons. The third kappa shape index (κ3) is 4.84. The van der Waals surface area contributed by atoms with Crippen LogP contribution in [-0.2, 0) is 16.1 Å². The lowest BCUT2D eigenvalue weighted by Crippen LogP contribution is -2.03. The average Bonchev–Trinajstić information content (AvgIpc) is 2.25. The Morgan fingerprint density at radius 3 is 2.73 bits per heavy atom. The standard InChI is InChI=1S/C12H12O3/c1-10(13)7-8-12(14)15-9-11-5-3-2-4-6-11/h2-6,10,13H,9H2,1H3/t10-/m1/s1. The predicted octanol–water partition coefficient (Wildman–Crippen LogP) is 1.11. The van der Waals surface area contributed by atoms with E-state index in [1.54, 1.807) is 0 Å².